The van der Waals surface area contributed by atoms with E-state index < -0.39 is 0 Å². The Balaban J connectivity index is 1.49. The highest BCUT2D eigenvalue weighted by Crippen LogP contribution is 2.45. The molecule has 1 unspecified atom stereocenters. The number of carbonyl (C=O) groups excluding carboxylic acids is 1. The molecule has 5 nitrogen and oxygen atoms in total. The van der Waals surface area contributed by atoms with E-state index in [1.165, 1.54) is 12.8 Å². The Morgan fingerprint density at radius 2 is 2.00 bits per heavy atom. The monoisotopic (exact) mass is 325 g/mol. The maximum absolute atomic E-state index is 12.2. The molecule has 1 aliphatic carbocycles. The summed E-state index contributed by atoms with van der Waals surface area (Å²) in [6.45, 7) is 5.71. The molecule has 2 saturated heterocycles. The molecule has 1 saturated carbocycles. The summed E-state index contributed by atoms with van der Waals surface area (Å²) in [7, 11) is 1.65. The van der Waals surface area contributed by atoms with Gasteiger partial charge in [0.15, 0.2) is 0 Å². The van der Waals surface area contributed by atoms with E-state index in [9.17, 15) is 4.79 Å². The summed E-state index contributed by atoms with van der Waals surface area (Å²) in [5, 5.41) is 0. The minimum Gasteiger partial charge on any atom is -0.384 e. The van der Waals surface area contributed by atoms with Crippen molar-refractivity contribution >= 4 is 5.91 Å². The molecule has 0 N–H and O–H groups in total. The predicted octanol–water partition coefficient (Wildman–Crippen LogP) is 2.09. The molecule has 0 radical (unpaired) electrons. The number of hydrogen-bond donors (Lipinski definition) is 0. The fraction of sp³-hybridized carbons (Fsp3) is 0.944. The average Bonchev–Trinajstić information content (AvgIpc) is 3.39. The third-order valence-electron chi connectivity index (χ3n) is 5.93. The van der Waals surface area contributed by atoms with E-state index in [1.807, 2.05) is 4.90 Å². The highest BCUT2D eigenvalue weighted by atomic mass is 16.5. The second-order valence-electron chi connectivity index (χ2n) is 7.49. The number of hydrogen-bond acceptors (Lipinski definition) is 4. The molecule has 2 heterocycles. The van der Waals surface area contributed by atoms with E-state index >= 15 is 0 Å². The molecule has 1 atom stereocenters. The van der Waals surface area contributed by atoms with Gasteiger partial charge in [0.05, 0.1) is 26.2 Å². The third-order valence-corrected chi connectivity index (χ3v) is 5.93. The van der Waals surface area contributed by atoms with Crippen molar-refractivity contribution in [3.63, 3.8) is 0 Å². The van der Waals surface area contributed by atoms with Crippen molar-refractivity contribution in [2.45, 2.75) is 38.5 Å². The minimum atomic E-state index is 0.232. The Labute approximate surface area is 139 Å². The number of ether oxygens (including phenoxy) is 3. The van der Waals surface area contributed by atoms with Crippen molar-refractivity contribution < 1.29 is 19.0 Å². The van der Waals surface area contributed by atoms with Gasteiger partial charge in [0, 0.05) is 39.3 Å². The van der Waals surface area contributed by atoms with Crippen molar-refractivity contribution in [3.05, 3.63) is 0 Å². The van der Waals surface area contributed by atoms with E-state index in [0.29, 0.717) is 24.4 Å². The van der Waals surface area contributed by atoms with E-state index in [-0.39, 0.29) is 5.91 Å². The number of likely N-dealkylation sites (tertiary alicyclic amines) is 1. The van der Waals surface area contributed by atoms with Crippen LogP contribution < -0.4 is 0 Å². The van der Waals surface area contributed by atoms with Gasteiger partial charge in [0.2, 0.25) is 5.91 Å². The van der Waals surface area contributed by atoms with Gasteiger partial charge in [0.1, 0.15) is 0 Å². The fourth-order valence-corrected chi connectivity index (χ4v) is 3.98. The van der Waals surface area contributed by atoms with Gasteiger partial charge in [-0.3, -0.25) is 4.79 Å². The summed E-state index contributed by atoms with van der Waals surface area (Å²) >= 11 is 0. The van der Waals surface area contributed by atoms with E-state index in [2.05, 4.69) is 0 Å². The molecule has 0 aromatic heterocycles. The average molecular weight is 325 g/mol. The Hall–Kier alpha value is -0.650. The highest BCUT2D eigenvalue weighted by molar-refractivity contribution is 5.76. The molecule has 3 rings (SSSR count). The van der Waals surface area contributed by atoms with Crippen molar-refractivity contribution in [3.8, 4) is 0 Å². The van der Waals surface area contributed by atoms with Gasteiger partial charge < -0.3 is 19.1 Å². The van der Waals surface area contributed by atoms with Crippen LogP contribution in [0.15, 0.2) is 0 Å². The molecule has 3 aliphatic rings. The fourth-order valence-electron chi connectivity index (χ4n) is 3.98. The standard InChI is InChI=1S/C18H31NO4/c1-21-10-4-17(20)19-8-5-18(6-9-19)7-11-22-13-16(18)14-23-12-15-2-3-15/h15-16H,2-14H2,1H3. The molecule has 1 amide bonds. The van der Waals surface area contributed by atoms with Gasteiger partial charge in [-0.15, -0.1) is 0 Å². The third kappa shape index (κ3) is 4.46. The first-order valence-electron chi connectivity index (χ1n) is 9.16. The van der Waals surface area contributed by atoms with Gasteiger partial charge in [0.25, 0.3) is 0 Å². The van der Waals surface area contributed by atoms with Gasteiger partial charge >= 0.3 is 0 Å². The van der Waals surface area contributed by atoms with Crippen molar-refractivity contribution in [2.24, 2.45) is 17.3 Å². The molecule has 1 spiro atoms. The summed E-state index contributed by atoms with van der Waals surface area (Å²) in [5.74, 6) is 1.54. The molecule has 132 valence electrons. The maximum Gasteiger partial charge on any atom is 0.224 e. The molecule has 23 heavy (non-hydrogen) atoms. The smallest absolute Gasteiger partial charge is 0.224 e. The molecule has 0 aromatic carbocycles. The van der Waals surface area contributed by atoms with Gasteiger partial charge in [-0.25, -0.2) is 0 Å². The number of piperidine rings is 1. The lowest BCUT2D eigenvalue weighted by Gasteiger charge is -2.49. The van der Waals surface area contributed by atoms with Crippen LogP contribution in [0.5, 0.6) is 0 Å². The SMILES string of the molecule is COCCC(=O)N1CCC2(CCOCC2COCC2CC2)CC1. The molecule has 0 aromatic rings. The Morgan fingerprint density at radius 3 is 2.70 bits per heavy atom. The van der Waals surface area contributed by atoms with Gasteiger partial charge in [-0.1, -0.05) is 0 Å². The maximum atomic E-state index is 12.2. The van der Waals surface area contributed by atoms with Crippen molar-refractivity contribution in [1.82, 2.24) is 4.90 Å². The van der Waals surface area contributed by atoms with Crippen LogP contribution in [0.25, 0.3) is 0 Å². The van der Waals surface area contributed by atoms with Crippen LogP contribution >= 0.6 is 0 Å². The first-order chi connectivity index (χ1) is 11.2. The van der Waals surface area contributed by atoms with Crippen LogP contribution in [0, 0.1) is 17.3 Å². The van der Waals surface area contributed by atoms with E-state index in [1.54, 1.807) is 7.11 Å². The second-order valence-corrected chi connectivity index (χ2v) is 7.49. The topological polar surface area (TPSA) is 48.0 Å². The number of rotatable bonds is 7. The lowest BCUT2D eigenvalue weighted by Crippen LogP contribution is -2.50. The summed E-state index contributed by atoms with van der Waals surface area (Å²) < 4.78 is 16.7. The van der Waals surface area contributed by atoms with Crippen LogP contribution in [0.3, 0.4) is 0 Å². The van der Waals surface area contributed by atoms with Crippen molar-refractivity contribution in [2.75, 3.05) is 53.2 Å². The number of methoxy groups -OCH3 is 1. The molecule has 5 heteroatoms. The van der Waals surface area contributed by atoms with Gasteiger partial charge in [-0.2, -0.15) is 0 Å². The quantitative estimate of drug-likeness (QED) is 0.719. The van der Waals surface area contributed by atoms with Crippen LogP contribution in [0.2, 0.25) is 0 Å². The van der Waals surface area contributed by atoms with Gasteiger partial charge in [-0.05, 0) is 43.4 Å². The first kappa shape index (κ1) is 17.2. The predicted molar refractivity (Wildman–Crippen MR) is 87.2 cm³/mol. The Morgan fingerprint density at radius 1 is 1.22 bits per heavy atom. The molecule has 3 fully saturated rings. The summed E-state index contributed by atoms with van der Waals surface area (Å²) in [5.41, 5.74) is 0.319. The molecular weight excluding hydrogens is 294 g/mol. The summed E-state index contributed by atoms with van der Waals surface area (Å²) in [6.07, 6.45) is 6.47. The molecular formula is C18H31NO4. The van der Waals surface area contributed by atoms with Crippen LogP contribution in [-0.2, 0) is 19.0 Å². The van der Waals surface area contributed by atoms with Crippen molar-refractivity contribution in [1.29, 1.82) is 0 Å². The van der Waals surface area contributed by atoms with Crippen LogP contribution in [-0.4, -0.2) is 64.0 Å². The number of carbonyl (C=O) groups is 1. The largest absolute Gasteiger partial charge is 0.384 e. The minimum absolute atomic E-state index is 0.232. The normalized spacial score (nSPS) is 27.3. The van der Waals surface area contributed by atoms with Crippen LogP contribution in [0.1, 0.15) is 38.5 Å². The Bertz CT molecular complexity index is 388. The summed E-state index contributed by atoms with van der Waals surface area (Å²) in [4.78, 5) is 14.2. The zero-order valence-corrected chi connectivity index (χ0v) is 14.4. The highest BCUT2D eigenvalue weighted by Gasteiger charge is 2.44. The van der Waals surface area contributed by atoms with Crippen LogP contribution in [0.4, 0.5) is 0 Å². The number of amides is 1. The lowest BCUT2D eigenvalue weighted by atomic mass is 9.66. The second kappa shape index (κ2) is 7.95. The van der Waals surface area contributed by atoms with E-state index in [4.69, 9.17) is 14.2 Å². The first-order valence-corrected chi connectivity index (χ1v) is 9.16. The summed E-state index contributed by atoms with van der Waals surface area (Å²) in [6, 6.07) is 0. The molecule has 0 bridgehead atoms. The Kier molecular flexibility index (Phi) is 5.94. The lowest BCUT2D eigenvalue weighted by molar-refractivity contribution is -0.139. The zero-order valence-electron chi connectivity index (χ0n) is 14.4. The number of nitrogens with zero attached hydrogens (tertiary/aromatic N) is 1. The zero-order chi connectivity index (χ0) is 16.1. The van der Waals surface area contributed by atoms with E-state index in [0.717, 1.165) is 64.7 Å². The molecule has 2 aliphatic heterocycles.